The standard InChI is InChI=1S/C29H30O8/c1-19-14-24(23-11-10-22(20(2)30)15-25(23)28(31)34-4)26(29(32)37-18-35-13-12-33-3)16-27(19)36-17-21-8-6-5-7-9-21/h5-11,14-16H,12-13,17-18H2,1-4H3. The molecular formula is C29H30O8. The van der Waals surface area contributed by atoms with Gasteiger partial charge < -0.3 is 23.7 Å². The maximum absolute atomic E-state index is 13.2. The number of benzene rings is 3. The van der Waals surface area contributed by atoms with Gasteiger partial charge in [0.05, 0.1) is 31.5 Å². The molecule has 0 bridgehead atoms. The molecule has 0 spiro atoms. The van der Waals surface area contributed by atoms with Crippen molar-refractivity contribution in [2.45, 2.75) is 20.5 Å². The van der Waals surface area contributed by atoms with E-state index >= 15 is 0 Å². The number of methoxy groups -OCH3 is 2. The number of esters is 2. The zero-order chi connectivity index (χ0) is 26.8. The molecule has 0 saturated heterocycles. The quantitative estimate of drug-likeness (QED) is 0.146. The molecule has 0 heterocycles. The van der Waals surface area contributed by atoms with E-state index in [1.165, 1.54) is 20.1 Å². The Morgan fingerprint density at radius 1 is 0.811 bits per heavy atom. The maximum Gasteiger partial charge on any atom is 0.341 e. The average Bonchev–Trinajstić information content (AvgIpc) is 2.91. The summed E-state index contributed by atoms with van der Waals surface area (Å²) in [5.74, 6) is -1.02. The van der Waals surface area contributed by atoms with Gasteiger partial charge >= 0.3 is 11.9 Å². The van der Waals surface area contributed by atoms with Gasteiger partial charge in [-0.3, -0.25) is 4.79 Å². The van der Waals surface area contributed by atoms with Gasteiger partial charge in [0, 0.05) is 12.7 Å². The van der Waals surface area contributed by atoms with Crippen molar-refractivity contribution in [2.24, 2.45) is 0 Å². The van der Waals surface area contributed by atoms with Crippen LogP contribution in [0.3, 0.4) is 0 Å². The number of ketones is 1. The molecule has 3 aromatic rings. The lowest BCUT2D eigenvalue weighted by Gasteiger charge is -2.17. The third kappa shape index (κ3) is 7.25. The summed E-state index contributed by atoms with van der Waals surface area (Å²) in [6.45, 7) is 3.89. The summed E-state index contributed by atoms with van der Waals surface area (Å²) in [7, 11) is 2.80. The van der Waals surface area contributed by atoms with Crippen molar-refractivity contribution >= 4 is 17.7 Å². The van der Waals surface area contributed by atoms with Gasteiger partial charge in [0.15, 0.2) is 12.6 Å². The Balaban J connectivity index is 2.04. The zero-order valence-corrected chi connectivity index (χ0v) is 21.4. The van der Waals surface area contributed by atoms with Crippen molar-refractivity contribution < 1.29 is 38.1 Å². The molecule has 0 N–H and O–H groups in total. The minimum absolute atomic E-state index is 0.151. The fourth-order valence-corrected chi connectivity index (χ4v) is 3.62. The highest BCUT2D eigenvalue weighted by molar-refractivity contribution is 6.05. The van der Waals surface area contributed by atoms with Crippen molar-refractivity contribution in [3.05, 3.63) is 88.5 Å². The van der Waals surface area contributed by atoms with Gasteiger partial charge in [-0.25, -0.2) is 9.59 Å². The SMILES string of the molecule is COCCOCOC(=O)c1cc(OCc2ccccc2)c(C)cc1-c1ccc(C(C)=O)cc1C(=O)OC. The topological polar surface area (TPSA) is 97.4 Å². The van der Waals surface area contributed by atoms with Gasteiger partial charge in [0.2, 0.25) is 0 Å². The van der Waals surface area contributed by atoms with Gasteiger partial charge in [-0.15, -0.1) is 0 Å². The van der Waals surface area contributed by atoms with Crippen LogP contribution in [0.1, 0.15) is 49.1 Å². The fourth-order valence-electron chi connectivity index (χ4n) is 3.62. The summed E-state index contributed by atoms with van der Waals surface area (Å²) in [6.07, 6.45) is 0. The summed E-state index contributed by atoms with van der Waals surface area (Å²) in [5.41, 5.74) is 3.23. The number of hydrogen-bond acceptors (Lipinski definition) is 8. The van der Waals surface area contributed by atoms with Gasteiger partial charge in [0.1, 0.15) is 12.4 Å². The van der Waals surface area contributed by atoms with Crippen molar-refractivity contribution in [3.8, 4) is 16.9 Å². The minimum atomic E-state index is -0.663. The molecular weight excluding hydrogens is 476 g/mol. The Bertz CT molecular complexity index is 1250. The molecule has 8 heteroatoms. The Morgan fingerprint density at radius 2 is 1.54 bits per heavy atom. The summed E-state index contributed by atoms with van der Waals surface area (Å²) in [4.78, 5) is 37.8. The predicted molar refractivity (Wildman–Crippen MR) is 137 cm³/mol. The first kappa shape index (κ1) is 27.6. The van der Waals surface area contributed by atoms with Crippen LogP contribution >= 0.6 is 0 Å². The molecule has 0 aliphatic carbocycles. The van der Waals surface area contributed by atoms with Crippen molar-refractivity contribution in [3.63, 3.8) is 0 Å². The Kier molecular flexibility index (Phi) is 9.94. The van der Waals surface area contributed by atoms with Gasteiger partial charge in [0.25, 0.3) is 0 Å². The third-order valence-electron chi connectivity index (χ3n) is 5.60. The Morgan fingerprint density at radius 3 is 2.22 bits per heavy atom. The molecule has 0 aromatic heterocycles. The Labute approximate surface area is 216 Å². The smallest absolute Gasteiger partial charge is 0.341 e. The molecule has 37 heavy (non-hydrogen) atoms. The first-order chi connectivity index (χ1) is 17.8. The molecule has 0 saturated carbocycles. The second kappa shape index (κ2) is 13.3. The summed E-state index contributed by atoms with van der Waals surface area (Å²) in [6, 6.07) is 17.6. The molecule has 0 amide bonds. The van der Waals surface area contributed by atoms with Crippen LogP contribution in [-0.4, -0.2) is 51.9 Å². The van der Waals surface area contributed by atoms with Crippen LogP contribution in [-0.2, 0) is 25.6 Å². The largest absolute Gasteiger partial charge is 0.489 e. The monoisotopic (exact) mass is 506 g/mol. The van der Waals surface area contributed by atoms with Crippen LogP contribution in [0.5, 0.6) is 5.75 Å². The zero-order valence-electron chi connectivity index (χ0n) is 21.4. The van der Waals surface area contributed by atoms with E-state index in [4.69, 9.17) is 23.7 Å². The van der Waals surface area contributed by atoms with E-state index in [0.717, 1.165) is 11.1 Å². The third-order valence-corrected chi connectivity index (χ3v) is 5.60. The van der Waals surface area contributed by atoms with Crippen molar-refractivity contribution in [1.82, 2.24) is 0 Å². The lowest BCUT2D eigenvalue weighted by molar-refractivity contribution is -0.0435. The second-order valence-electron chi connectivity index (χ2n) is 8.20. The van der Waals surface area contributed by atoms with E-state index < -0.39 is 11.9 Å². The van der Waals surface area contributed by atoms with E-state index in [1.807, 2.05) is 37.3 Å². The first-order valence-corrected chi connectivity index (χ1v) is 11.6. The van der Waals surface area contributed by atoms with E-state index in [1.54, 1.807) is 31.4 Å². The first-order valence-electron chi connectivity index (χ1n) is 11.6. The van der Waals surface area contributed by atoms with E-state index in [2.05, 4.69) is 0 Å². The van der Waals surface area contributed by atoms with E-state index in [0.29, 0.717) is 35.7 Å². The molecule has 0 fully saturated rings. The highest BCUT2D eigenvalue weighted by Gasteiger charge is 2.23. The van der Waals surface area contributed by atoms with E-state index in [-0.39, 0.29) is 30.3 Å². The normalized spacial score (nSPS) is 10.6. The number of rotatable bonds is 12. The van der Waals surface area contributed by atoms with E-state index in [9.17, 15) is 14.4 Å². The molecule has 0 aliphatic rings. The predicted octanol–water partition coefficient (Wildman–Crippen LogP) is 5.01. The Hall–Kier alpha value is -4.01. The van der Waals surface area contributed by atoms with Gasteiger partial charge in [-0.1, -0.05) is 42.5 Å². The molecule has 3 rings (SSSR count). The number of aryl methyl sites for hydroxylation is 1. The van der Waals surface area contributed by atoms with Crippen LogP contribution in [0.4, 0.5) is 0 Å². The van der Waals surface area contributed by atoms with Crippen LogP contribution in [0.2, 0.25) is 0 Å². The fraction of sp³-hybridized carbons (Fsp3) is 0.276. The molecule has 194 valence electrons. The summed E-state index contributed by atoms with van der Waals surface area (Å²) in [5, 5.41) is 0. The second-order valence-corrected chi connectivity index (χ2v) is 8.20. The molecule has 0 unspecified atom stereocenters. The number of carbonyl (C=O) groups is 3. The van der Waals surface area contributed by atoms with Gasteiger partial charge in [-0.2, -0.15) is 0 Å². The van der Waals surface area contributed by atoms with Crippen molar-refractivity contribution in [2.75, 3.05) is 34.2 Å². The van der Waals surface area contributed by atoms with Crippen LogP contribution < -0.4 is 4.74 Å². The van der Waals surface area contributed by atoms with Crippen molar-refractivity contribution in [1.29, 1.82) is 0 Å². The molecule has 8 nitrogen and oxygen atoms in total. The van der Waals surface area contributed by atoms with Crippen LogP contribution in [0.25, 0.3) is 11.1 Å². The molecule has 0 atom stereocenters. The summed E-state index contributed by atoms with van der Waals surface area (Å²) >= 11 is 0. The maximum atomic E-state index is 13.2. The number of carbonyl (C=O) groups excluding carboxylic acids is 3. The lowest BCUT2D eigenvalue weighted by atomic mass is 9.91. The molecule has 0 radical (unpaired) electrons. The van der Waals surface area contributed by atoms with Crippen LogP contribution in [0.15, 0.2) is 60.7 Å². The number of Topliss-reactive ketones (excluding diaryl/α,β-unsaturated/α-hetero) is 1. The lowest BCUT2D eigenvalue weighted by Crippen LogP contribution is -2.14. The van der Waals surface area contributed by atoms with Gasteiger partial charge in [-0.05, 0) is 54.3 Å². The number of ether oxygens (including phenoxy) is 5. The highest BCUT2D eigenvalue weighted by Crippen LogP contribution is 2.34. The average molecular weight is 507 g/mol. The number of hydrogen-bond donors (Lipinski definition) is 0. The minimum Gasteiger partial charge on any atom is -0.489 e. The molecule has 3 aromatic carbocycles. The summed E-state index contributed by atoms with van der Waals surface area (Å²) < 4.78 is 26.5. The van der Waals surface area contributed by atoms with Crippen LogP contribution in [0, 0.1) is 6.92 Å². The molecule has 0 aliphatic heterocycles. The highest BCUT2D eigenvalue weighted by atomic mass is 16.7.